The van der Waals surface area contributed by atoms with E-state index in [0.29, 0.717) is 12.1 Å². The quantitative estimate of drug-likeness (QED) is 0.668. The first-order valence-electron chi connectivity index (χ1n) is 10.2. The number of carbonyl (C=O) groups is 2. The fourth-order valence-electron chi connectivity index (χ4n) is 3.60. The van der Waals surface area contributed by atoms with Gasteiger partial charge >= 0.3 is 0 Å². The van der Waals surface area contributed by atoms with E-state index in [-0.39, 0.29) is 23.8 Å². The molecule has 1 aliphatic heterocycles. The van der Waals surface area contributed by atoms with Gasteiger partial charge in [0.15, 0.2) is 6.04 Å². The molecule has 1 aliphatic rings. The lowest BCUT2D eigenvalue weighted by atomic mass is 9.94. The molecule has 2 aromatic carbocycles. The first-order valence-corrected chi connectivity index (χ1v) is 10.2. The topological polar surface area (TPSA) is 84.0 Å². The molecule has 2 aromatic rings. The van der Waals surface area contributed by atoms with Crippen LogP contribution in [0.3, 0.4) is 0 Å². The third kappa shape index (κ3) is 5.15. The minimum atomic E-state index is -0.583. The molecular formula is C23H30N3O3+. The van der Waals surface area contributed by atoms with E-state index in [1.807, 2.05) is 31.3 Å². The third-order valence-electron chi connectivity index (χ3n) is 5.67. The Kier molecular flexibility index (Phi) is 6.88. The number of benzene rings is 2. The van der Waals surface area contributed by atoms with Crippen LogP contribution >= 0.6 is 0 Å². The molecule has 2 amide bonds. The number of nitrogens with one attached hydrogen (secondary N) is 2. The van der Waals surface area contributed by atoms with Gasteiger partial charge in [0, 0.05) is 17.7 Å². The second kappa shape index (κ2) is 9.56. The summed E-state index contributed by atoms with van der Waals surface area (Å²) in [6, 6.07) is 14.6. The minimum Gasteiger partial charge on any atom is -0.497 e. The number of nitrogens with two attached hydrogens (primary N) is 1. The second-order valence-corrected chi connectivity index (χ2v) is 7.61. The normalized spacial score (nSPS) is 17.6. The van der Waals surface area contributed by atoms with Gasteiger partial charge in [0.1, 0.15) is 18.3 Å². The summed E-state index contributed by atoms with van der Waals surface area (Å²) >= 11 is 0. The van der Waals surface area contributed by atoms with Gasteiger partial charge in [0.05, 0.1) is 7.11 Å². The van der Waals surface area contributed by atoms with Crippen LogP contribution in [0.2, 0.25) is 0 Å². The predicted octanol–water partition coefficient (Wildman–Crippen LogP) is 1.85. The van der Waals surface area contributed by atoms with Gasteiger partial charge in [-0.3, -0.25) is 9.59 Å². The first kappa shape index (κ1) is 20.9. The van der Waals surface area contributed by atoms with E-state index in [1.54, 1.807) is 31.4 Å². The molecule has 154 valence electrons. The summed E-state index contributed by atoms with van der Waals surface area (Å²) in [7, 11) is 1.60. The van der Waals surface area contributed by atoms with E-state index in [2.05, 4.69) is 22.8 Å². The highest BCUT2D eigenvalue weighted by molar-refractivity contribution is 5.98. The van der Waals surface area contributed by atoms with Gasteiger partial charge in [0.25, 0.3) is 5.91 Å². The summed E-state index contributed by atoms with van der Waals surface area (Å²) in [4.78, 5) is 25.9. The fraction of sp³-hybridized carbons (Fsp3) is 0.391. The smallest absolute Gasteiger partial charge is 0.279 e. The van der Waals surface area contributed by atoms with Crippen molar-refractivity contribution in [3.05, 3.63) is 59.7 Å². The van der Waals surface area contributed by atoms with Gasteiger partial charge in [-0.15, -0.1) is 0 Å². The number of rotatable bonds is 7. The van der Waals surface area contributed by atoms with Crippen molar-refractivity contribution >= 4 is 17.5 Å². The number of methoxy groups -OCH3 is 1. The monoisotopic (exact) mass is 396 g/mol. The van der Waals surface area contributed by atoms with Gasteiger partial charge in [-0.25, -0.2) is 0 Å². The number of quaternary nitrogens is 1. The van der Waals surface area contributed by atoms with Gasteiger partial charge < -0.3 is 20.7 Å². The molecule has 1 heterocycles. The molecule has 0 fully saturated rings. The van der Waals surface area contributed by atoms with Crippen molar-refractivity contribution in [2.45, 2.75) is 45.3 Å². The molecule has 0 aliphatic carbocycles. The van der Waals surface area contributed by atoms with E-state index < -0.39 is 6.04 Å². The van der Waals surface area contributed by atoms with E-state index in [1.165, 1.54) is 11.1 Å². The number of hydrogen-bond donors (Lipinski definition) is 3. The van der Waals surface area contributed by atoms with Crippen LogP contribution < -0.4 is 20.7 Å². The van der Waals surface area contributed by atoms with Crippen LogP contribution in [0, 0.1) is 5.92 Å². The lowest BCUT2D eigenvalue weighted by molar-refractivity contribution is -0.695. The molecule has 0 spiro atoms. The molecule has 0 saturated heterocycles. The molecule has 29 heavy (non-hydrogen) atoms. The maximum atomic E-state index is 12.9. The van der Waals surface area contributed by atoms with E-state index >= 15 is 0 Å². The lowest BCUT2D eigenvalue weighted by Gasteiger charge is -2.27. The third-order valence-corrected chi connectivity index (χ3v) is 5.67. The predicted molar refractivity (Wildman–Crippen MR) is 113 cm³/mol. The van der Waals surface area contributed by atoms with Crippen LogP contribution in [0.1, 0.15) is 31.4 Å². The Morgan fingerprint density at radius 3 is 2.48 bits per heavy atom. The minimum absolute atomic E-state index is 0.0214. The van der Waals surface area contributed by atoms with Crippen molar-refractivity contribution < 1.29 is 19.6 Å². The molecular weight excluding hydrogens is 366 g/mol. The summed E-state index contributed by atoms with van der Waals surface area (Å²) in [5, 5.41) is 7.97. The molecule has 0 bridgehead atoms. The van der Waals surface area contributed by atoms with Gasteiger partial charge in [-0.1, -0.05) is 44.5 Å². The van der Waals surface area contributed by atoms with Crippen molar-refractivity contribution in [3.63, 3.8) is 0 Å². The molecule has 6 nitrogen and oxygen atoms in total. The van der Waals surface area contributed by atoms with Crippen LogP contribution in [-0.4, -0.2) is 31.0 Å². The van der Waals surface area contributed by atoms with Gasteiger partial charge in [0.2, 0.25) is 5.91 Å². The zero-order valence-corrected chi connectivity index (χ0v) is 17.3. The number of carbonyl (C=O) groups excluding carboxylic acids is 2. The maximum Gasteiger partial charge on any atom is 0.279 e. The fourth-order valence-corrected chi connectivity index (χ4v) is 3.60. The van der Waals surface area contributed by atoms with Crippen LogP contribution in [0.25, 0.3) is 0 Å². The average molecular weight is 397 g/mol. The molecule has 0 radical (unpaired) electrons. The van der Waals surface area contributed by atoms with E-state index in [4.69, 9.17) is 4.74 Å². The zero-order valence-electron chi connectivity index (χ0n) is 17.3. The second-order valence-electron chi connectivity index (χ2n) is 7.61. The van der Waals surface area contributed by atoms with Gasteiger partial charge in [-0.05, 0) is 35.7 Å². The van der Waals surface area contributed by atoms with Crippen molar-refractivity contribution in [1.82, 2.24) is 5.32 Å². The molecule has 3 atom stereocenters. The Morgan fingerprint density at radius 1 is 1.14 bits per heavy atom. The van der Waals surface area contributed by atoms with E-state index in [9.17, 15) is 9.59 Å². The molecule has 0 unspecified atom stereocenters. The molecule has 4 N–H and O–H groups in total. The average Bonchev–Trinajstić information content (AvgIpc) is 2.76. The summed E-state index contributed by atoms with van der Waals surface area (Å²) < 4.78 is 5.15. The Hall–Kier alpha value is -2.86. The molecule has 0 saturated carbocycles. The lowest BCUT2D eigenvalue weighted by Crippen LogP contribution is -2.93. The van der Waals surface area contributed by atoms with Crippen molar-refractivity contribution in [3.8, 4) is 5.75 Å². The number of anilines is 1. The first-order chi connectivity index (χ1) is 14.0. The number of amides is 2. The summed E-state index contributed by atoms with van der Waals surface area (Å²) in [5.74, 6) is 0.458. The molecule has 3 rings (SSSR count). The van der Waals surface area contributed by atoms with Crippen LogP contribution in [-0.2, 0) is 22.6 Å². The Labute approximate surface area is 172 Å². The SMILES string of the molecule is CC[C@@H](C)[C@H](NC(=O)[C@@H]1Cc2ccccc2C[NH2+]1)C(=O)Nc1ccc(OC)cc1. The summed E-state index contributed by atoms with van der Waals surface area (Å²) in [6.07, 6.45) is 1.47. The van der Waals surface area contributed by atoms with Crippen molar-refractivity contribution in [2.75, 3.05) is 12.4 Å². The van der Waals surface area contributed by atoms with Crippen LogP contribution in [0.5, 0.6) is 5.75 Å². The van der Waals surface area contributed by atoms with Crippen LogP contribution in [0.15, 0.2) is 48.5 Å². The highest BCUT2D eigenvalue weighted by Crippen LogP contribution is 2.17. The highest BCUT2D eigenvalue weighted by atomic mass is 16.5. The summed E-state index contributed by atoms with van der Waals surface area (Å²) in [5.41, 5.74) is 3.15. The van der Waals surface area contributed by atoms with E-state index in [0.717, 1.165) is 18.7 Å². The van der Waals surface area contributed by atoms with Gasteiger partial charge in [-0.2, -0.15) is 0 Å². The summed E-state index contributed by atoms with van der Waals surface area (Å²) in [6.45, 7) is 4.78. The molecule has 0 aromatic heterocycles. The van der Waals surface area contributed by atoms with Crippen molar-refractivity contribution in [2.24, 2.45) is 5.92 Å². The Balaban J connectivity index is 1.66. The highest BCUT2D eigenvalue weighted by Gasteiger charge is 2.32. The Bertz CT molecular complexity index is 851. The number of fused-ring (bicyclic) bond motifs is 1. The number of ether oxygens (including phenoxy) is 1. The Morgan fingerprint density at radius 2 is 1.83 bits per heavy atom. The zero-order chi connectivity index (χ0) is 20.8. The van der Waals surface area contributed by atoms with Crippen LogP contribution in [0.4, 0.5) is 5.69 Å². The molecule has 6 heteroatoms. The maximum absolute atomic E-state index is 12.9. The van der Waals surface area contributed by atoms with Crippen molar-refractivity contribution in [1.29, 1.82) is 0 Å². The number of hydrogen-bond acceptors (Lipinski definition) is 3. The largest absolute Gasteiger partial charge is 0.497 e. The standard InChI is InChI=1S/C23H29N3O3/c1-4-15(2)21(23(28)25-18-9-11-19(29-3)12-10-18)26-22(27)20-13-16-7-5-6-8-17(16)14-24-20/h5-12,15,20-21,24H,4,13-14H2,1-3H3,(H,25,28)(H,26,27)/p+1/t15-,20+,21+/m1/s1.